The summed E-state index contributed by atoms with van der Waals surface area (Å²) >= 11 is 0. The van der Waals surface area contributed by atoms with Gasteiger partial charge >= 0.3 is 19.8 Å². The number of phosphoric acid groups is 1. The maximum atomic E-state index is 12.5. The van der Waals surface area contributed by atoms with E-state index in [1.54, 1.807) is 0 Å². The van der Waals surface area contributed by atoms with Gasteiger partial charge < -0.3 is 20.1 Å². The van der Waals surface area contributed by atoms with E-state index in [0.29, 0.717) is 6.42 Å². The summed E-state index contributed by atoms with van der Waals surface area (Å²) in [6.45, 7) is 3.68. The minimum atomic E-state index is -4.39. The summed E-state index contributed by atoms with van der Waals surface area (Å²) in [5.41, 5.74) is 5.34. The quantitative estimate of drug-likeness (QED) is 0.0267. The van der Waals surface area contributed by atoms with Crippen LogP contribution < -0.4 is 5.73 Å². The Morgan fingerprint density at radius 1 is 0.545 bits per heavy atom. The van der Waals surface area contributed by atoms with Crippen LogP contribution in [-0.2, 0) is 32.7 Å². The highest BCUT2D eigenvalue weighted by molar-refractivity contribution is 7.47. The molecule has 0 aliphatic rings. The van der Waals surface area contributed by atoms with E-state index in [2.05, 4.69) is 26.0 Å². The third kappa shape index (κ3) is 41.9. The lowest BCUT2D eigenvalue weighted by Crippen LogP contribution is -2.29. The molecule has 0 spiro atoms. The highest BCUT2D eigenvalue weighted by Gasteiger charge is 2.25. The van der Waals surface area contributed by atoms with Gasteiger partial charge in [-0.15, -0.1) is 0 Å². The first-order valence-electron chi connectivity index (χ1n) is 22.8. The Morgan fingerprint density at radius 2 is 0.982 bits per heavy atom. The Kier molecular flexibility index (Phi) is 40.9. The van der Waals surface area contributed by atoms with Gasteiger partial charge in [-0.3, -0.25) is 18.6 Å². The van der Waals surface area contributed by atoms with E-state index >= 15 is 0 Å². The Balaban J connectivity index is 4.08. The van der Waals surface area contributed by atoms with Crippen molar-refractivity contribution in [2.75, 3.05) is 26.4 Å². The van der Waals surface area contributed by atoms with Crippen molar-refractivity contribution in [3.8, 4) is 0 Å². The molecule has 0 heterocycles. The molecule has 2 atom stereocenters. The monoisotopic (exact) mass is 800 g/mol. The fourth-order valence-electron chi connectivity index (χ4n) is 6.45. The summed E-state index contributed by atoms with van der Waals surface area (Å²) in [5, 5.41) is 0. The third-order valence-electron chi connectivity index (χ3n) is 9.85. The smallest absolute Gasteiger partial charge is 0.462 e. The van der Waals surface area contributed by atoms with Gasteiger partial charge in [-0.25, -0.2) is 4.57 Å². The van der Waals surface area contributed by atoms with Gasteiger partial charge in [0, 0.05) is 19.4 Å². The molecule has 0 fully saturated rings. The van der Waals surface area contributed by atoms with Crippen LogP contribution >= 0.6 is 7.82 Å². The minimum Gasteiger partial charge on any atom is -0.462 e. The molecule has 0 aromatic rings. The molecular weight excluding hydrogens is 713 g/mol. The number of hydrogen-bond donors (Lipinski definition) is 2. The summed E-state index contributed by atoms with van der Waals surface area (Å²) in [4.78, 5) is 34.8. The summed E-state index contributed by atoms with van der Waals surface area (Å²) in [5.74, 6) is -0.897. The van der Waals surface area contributed by atoms with Crippen LogP contribution in [0.3, 0.4) is 0 Å². The molecule has 0 saturated carbocycles. The van der Waals surface area contributed by atoms with Crippen LogP contribution in [0.1, 0.15) is 219 Å². The molecule has 10 heteroatoms. The SMILES string of the molecule is CCCCCCCC/C=C/C/C=C/CCC(=O)OC(COC(=O)CCCCCCCCCCCCCCCCCCCCCCC)COP(=O)(O)OCCN. The van der Waals surface area contributed by atoms with Crippen LogP contribution in [0.5, 0.6) is 0 Å². The van der Waals surface area contributed by atoms with Crippen molar-refractivity contribution in [1.82, 2.24) is 0 Å². The molecule has 0 radical (unpaired) electrons. The lowest BCUT2D eigenvalue weighted by atomic mass is 10.0. The Bertz CT molecular complexity index is 959. The second kappa shape index (κ2) is 42.1. The third-order valence-corrected chi connectivity index (χ3v) is 10.8. The molecule has 0 rings (SSSR count). The van der Waals surface area contributed by atoms with E-state index in [4.69, 9.17) is 24.3 Å². The van der Waals surface area contributed by atoms with Crippen molar-refractivity contribution in [2.24, 2.45) is 5.73 Å². The van der Waals surface area contributed by atoms with Crippen LogP contribution in [0.4, 0.5) is 0 Å². The maximum absolute atomic E-state index is 12.5. The number of nitrogens with two attached hydrogens (primary N) is 1. The number of esters is 2. The standard InChI is InChI=1S/C45H86NO8P/c1-3-5-7-9-11-13-15-17-18-19-20-21-22-23-24-26-27-29-31-33-35-37-44(47)51-41-43(42-53-55(49,50)52-40-39-46)54-45(48)38-36-34-32-30-28-25-16-14-12-10-8-6-4-2/h25,28,32,34,43H,3-24,26-27,29-31,33,35-42,46H2,1-2H3,(H,49,50)/b28-25+,34-32+. The number of unbranched alkanes of at least 4 members (excludes halogenated alkanes) is 26. The van der Waals surface area contributed by atoms with Crippen molar-refractivity contribution in [3.05, 3.63) is 24.3 Å². The van der Waals surface area contributed by atoms with Crippen molar-refractivity contribution < 1.29 is 37.6 Å². The van der Waals surface area contributed by atoms with Gasteiger partial charge in [-0.1, -0.05) is 199 Å². The Labute approximate surface area is 338 Å². The Morgan fingerprint density at radius 3 is 1.45 bits per heavy atom. The lowest BCUT2D eigenvalue weighted by molar-refractivity contribution is -0.161. The molecule has 0 aromatic heterocycles. The number of carbonyl (C=O) groups excluding carboxylic acids is 2. The molecule has 0 amide bonds. The molecule has 0 aliphatic heterocycles. The lowest BCUT2D eigenvalue weighted by Gasteiger charge is -2.19. The number of hydrogen-bond acceptors (Lipinski definition) is 8. The van der Waals surface area contributed by atoms with Crippen LogP contribution in [0.15, 0.2) is 24.3 Å². The summed E-state index contributed by atoms with van der Waals surface area (Å²) < 4.78 is 32.7. The largest absolute Gasteiger partial charge is 0.472 e. The Hall–Kier alpha value is -1.51. The zero-order valence-corrected chi connectivity index (χ0v) is 36.6. The normalized spacial score (nSPS) is 13.5. The molecule has 324 valence electrons. The average molecular weight is 800 g/mol. The van der Waals surface area contributed by atoms with Crippen molar-refractivity contribution >= 4 is 19.8 Å². The molecular formula is C45H86NO8P. The summed E-state index contributed by atoms with van der Waals surface area (Å²) in [6.07, 6.45) is 45.2. The first-order valence-corrected chi connectivity index (χ1v) is 24.3. The number of phosphoric ester groups is 1. The van der Waals surface area contributed by atoms with Crippen molar-refractivity contribution in [3.63, 3.8) is 0 Å². The fourth-order valence-corrected chi connectivity index (χ4v) is 7.22. The first-order chi connectivity index (χ1) is 26.8. The molecule has 0 bridgehead atoms. The van der Waals surface area contributed by atoms with E-state index in [9.17, 15) is 19.0 Å². The number of allylic oxidation sites excluding steroid dienone is 4. The first kappa shape index (κ1) is 53.5. The molecule has 0 aliphatic carbocycles. The van der Waals surface area contributed by atoms with Gasteiger partial charge in [-0.2, -0.15) is 0 Å². The van der Waals surface area contributed by atoms with E-state index in [1.165, 1.54) is 154 Å². The highest BCUT2D eigenvalue weighted by Crippen LogP contribution is 2.43. The number of ether oxygens (including phenoxy) is 2. The molecule has 2 unspecified atom stereocenters. The molecule has 0 aromatic carbocycles. The van der Waals surface area contributed by atoms with E-state index in [0.717, 1.165) is 32.1 Å². The van der Waals surface area contributed by atoms with E-state index in [1.807, 2.05) is 12.2 Å². The number of rotatable bonds is 43. The summed E-state index contributed by atoms with van der Waals surface area (Å²) in [6, 6.07) is 0. The van der Waals surface area contributed by atoms with E-state index < -0.39 is 32.5 Å². The van der Waals surface area contributed by atoms with Crippen molar-refractivity contribution in [2.45, 2.75) is 225 Å². The summed E-state index contributed by atoms with van der Waals surface area (Å²) in [7, 11) is -4.39. The predicted octanol–water partition coefficient (Wildman–Crippen LogP) is 13.2. The van der Waals surface area contributed by atoms with Crippen LogP contribution in [0, 0.1) is 0 Å². The molecule has 55 heavy (non-hydrogen) atoms. The zero-order valence-electron chi connectivity index (χ0n) is 35.7. The van der Waals surface area contributed by atoms with Crippen molar-refractivity contribution in [1.29, 1.82) is 0 Å². The molecule has 0 saturated heterocycles. The van der Waals surface area contributed by atoms with Crippen LogP contribution in [0.25, 0.3) is 0 Å². The van der Waals surface area contributed by atoms with Gasteiger partial charge in [0.25, 0.3) is 0 Å². The van der Waals surface area contributed by atoms with Crippen LogP contribution in [0.2, 0.25) is 0 Å². The van der Waals surface area contributed by atoms with Crippen LogP contribution in [-0.4, -0.2) is 49.3 Å². The minimum absolute atomic E-state index is 0.0475. The van der Waals surface area contributed by atoms with Gasteiger partial charge in [0.15, 0.2) is 6.10 Å². The van der Waals surface area contributed by atoms with Gasteiger partial charge in [0.2, 0.25) is 0 Å². The second-order valence-corrected chi connectivity index (χ2v) is 16.7. The maximum Gasteiger partial charge on any atom is 0.472 e. The predicted molar refractivity (Wildman–Crippen MR) is 229 cm³/mol. The zero-order chi connectivity index (χ0) is 40.3. The topological polar surface area (TPSA) is 134 Å². The second-order valence-electron chi connectivity index (χ2n) is 15.3. The van der Waals surface area contributed by atoms with Gasteiger partial charge in [0.1, 0.15) is 6.61 Å². The highest BCUT2D eigenvalue weighted by atomic mass is 31.2. The van der Waals surface area contributed by atoms with Gasteiger partial charge in [-0.05, 0) is 32.1 Å². The average Bonchev–Trinajstić information content (AvgIpc) is 3.17. The van der Waals surface area contributed by atoms with Gasteiger partial charge in [0.05, 0.1) is 13.2 Å². The molecule has 3 N–H and O–H groups in total. The fraction of sp³-hybridized carbons (Fsp3) is 0.867. The van der Waals surface area contributed by atoms with E-state index in [-0.39, 0.29) is 32.6 Å². The number of carbonyl (C=O) groups is 2. The molecule has 9 nitrogen and oxygen atoms in total.